The number of amides is 4. The van der Waals surface area contributed by atoms with Gasteiger partial charge in [-0.2, -0.15) is 0 Å². The van der Waals surface area contributed by atoms with Crippen molar-refractivity contribution in [1.82, 2.24) is 29.8 Å². The fourth-order valence-electron chi connectivity index (χ4n) is 6.41. The van der Waals surface area contributed by atoms with Crippen LogP contribution in [-0.2, 0) is 25.7 Å². The van der Waals surface area contributed by atoms with Crippen LogP contribution in [0.2, 0.25) is 10.0 Å². The molecular weight excluding hydrogens is 555 g/mol. The van der Waals surface area contributed by atoms with Crippen molar-refractivity contribution in [2.75, 3.05) is 59.5 Å². The van der Waals surface area contributed by atoms with Crippen LogP contribution in [0.3, 0.4) is 0 Å². The first-order valence-electron chi connectivity index (χ1n) is 14.1. The first kappa shape index (κ1) is 29.1. The molecule has 0 radical (unpaired) electrons. The zero-order valence-electron chi connectivity index (χ0n) is 23.2. The smallest absolute Gasteiger partial charge is 0.242 e. The Labute approximate surface area is 245 Å². The molecule has 1 aromatic carbocycles. The average molecular weight is 594 g/mol. The van der Waals surface area contributed by atoms with Crippen molar-refractivity contribution in [3.8, 4) is 0 Å². The number of hydrogen-bond donors (Lipinski definition) is 1. The molecule has 10 nitrogen and oxygen atoms in total. The number of fused-ring (bicyclic) bond motifs is 1. The van der Waals surface area contributed by atoms with Gasteiger partial charge < -0.3 is 19.6 Å². The number of likely N-dealkylation sites (tertiary alicyclic amines) is 1. The van der Waals surface area contributed by atoms with E-state index in [-0.39, 0.29) is 54.1 Å². The summed E-state index contributed by atoms with van der Waals surface area (Å²) < 4.78 is 0. The Morgan fingerprint density at radius 2 is 1.75 bits per heavy atom. The van der Waals surface area contributed by atoms with Gasteiger partial charge in [-0.05, 0) is 37.0 Å². The molecular formula is C28H38Cl2N6O4. The summed E-state index contributed by atoms with van der Waals surface area (Å²) in [5.74, 6) is -0.155. The summed E-state index contributed by atoms with van der Waals surface area (Å²) in [6, 6.07) is 5.72. The van der Waals surface area contributed by atoms with Gasteiger partial charge in [-0.3, -0.25) is 29.4 Å². The van der Waals surface area contributed by atoms with Gasteiger partial charge in [0.05, 0.1) is 28.5 Å². The molecule has 4 amide bonds. The SMILES string of the molecule is CC(=O)N1CC(C(=O)N2CCN(C3CCC4NCN(CC(=O)N(C)Cc5ccc(Cl)c(Cl)c5)C(=O)C4C3)CC2)C1. The van der Waals surface area contributed by atoms with Crippen LogP contribution in [0.15, 0.2) is 18.2 Å². The van der Waals surface area contributed by atoms with Gasteiger partial charge in [-0.1, -0.05) is 29.3 Å². The van der Waals surface area contributed by atoms with Gasteiger partial charge >= 0.3 is 0 Å². The number of likely N-dealkylation sites (N-methyl/N-ethyl adjacent to an activating group) is 1. The summed E-state index contributed by atoms with van der Waals surface area (Å²) in [5, 5.41) is 4.41. The molecule has 1 aliphatic carbocycles. The highest BCUT2D eigenvalue weighted by Crippen LogP contribution is 2.32. The predicted molar refractivity (Wildman–Crippen MR) is 151 cm³/mol. The molecule has 1 saturated carbocycles. The molecule has 1 aromatic rings. The van der Waals surface area contributed by atoms with E-state index in [1.165, 1.54) is 6.92 Å². The number of piperazine rings is 1. The van der Waals surface area contributed by atoms with Crippen molar-refractivity contribution in [3.05, 3.63) is 33.8 Å². The topological polar surface area (TPSA) is 96.5 Å². The van der Waals surface area contributed by atoms with Crippen LogP contribution >= 0.6 is 23.2 Å². The van der Waals surface area contributed by atoms with E-state index in [4.69, 9.17) is 23.2 Å². The third-order valence-electron chi connectivity index (χ3n) is 8.97. The molecule has 4 fully saturated rings. The summed E-state index contributed by atoms with van der Waals surface area (Å²) in [6.07, 6.45) is 2.68. The lowest BCUT2D eigenvalue weighted by atomic mass is 9.79. The molecule has 12 heteroatoms. The van der Waals surface area contributed by atoms with Crippen LogP contribution in [0, 0.1) is 11.8 Å². The molecule has 218 valence electrons. The van der Waals surface area contributed by atoms with Crippen LogP contribution in [0.5, 0.6) is 0 Å². The van der Waals surface area contributed by atoms with Crippen molar-refractivity contribution in [2.24, 2.45) is 11.8 Å². The van der Waals surface area contributed by atoms with Gasteiger partial charge in [0, 0.05) is 71.9 Å². The second kappa shape index (κ2) is 12.2. The highest BCUT2D eigenvalue weighted by molar-refractivity contribution is 6.42. The van der Waals surface area contributed by atoms with E-state index in [1.807, 2.05) is 11.0 Å². The van der Waals surface area contributed by atoms with E-state index in [0.717, 1.165) is 37.9 Å². The van der Waals surface area contributed by atoms with E-state index in [1.54, 1.807) is 33.9 Å². The molecule has 5 rings (SSSR count). The number of hydrogen-bond acceptors (Lipinski definition) is 6. The molecule has 4 aliphatic rings. The first-order valence-corrected chi connectivity index (χ1v) is 14.8. The number of rotatable bonds is 6. The molecule has 3 heterocycles. The van der Waals surface area contributed by atoms with Crippen LogP contribution in [0.25, 0.3) is 0 Å². The molecule has 0 aromatic heterocycles. The summed E-state index contributed by atoms with van der Waals surface area (Å²) >= 11 is 12.1. The number of halogens is 2. The molecule has 3 unspecified atom stereocenters. The first-order chi connectivity index (χ1) is 19.1. The fourth-order valence-corrected chi connectivity index (χ4v) is 6.73. The highest BCUT2D eigenvalue weighted by atomic mass is 35.5. The highest BCUT2D eigenvalue weighted by Gasteiger charge is 2.43. The lowest BCUT2D eigenvalue weighted by Crippen LogP contribution is -2.63. The minimum absolute atomic E-state index is 0.0227. The van der Waals surface area contributed by atoms with Crippen molar-refractivity contribution in [2.45, 2.75) is 44.8 Å². The largest absolute Gasteiger partial charge is 0.341 e. The molecule has 3 saturated heterocycles. The van der Waals surface area contributed by atoms with Gasteiger partial charge in [0.2, 0.25) is 23.6 Å². The maximum Gasteiger partial charge on any atom is 0.242 e. The molecule has 0 bridgehead atoms. The fraction of sp³-hybridized carbons (Fsp3) is 0.643. The standard InChI is InChI=1S/C28H38Cl2N6O4/c1-18(37)35-14-20(15-35)27(39)34-9-7-33(8-10-34)21-4-6-25-22(12-21)28(40)36(17-31-25)16-26(38)32(2)13-19-3-5-23(29)24(30)11-19/h3,5,11,20-22,25,31H,4,6-10,12-17H2,1-2H3. The molecule has 3 atom stereocenters. The van der Waals surface area contributed by atoms with E-state index >= 15 is 0 Å². The lowest BCUT2D eigenvalue weighted by Gasteiger charge is -2.48. The Morgan fingerprint density at radius 3 is 2.42 bits per heavy atom. The second-order valence-corrected chi connectivity index (χ2v) is 12.4. The zero-order chi connectivity index (χ0) is 28.6. The quantitative estimate of drug-likeness (QED) is 0.538. The van der Waals surface area contributed by atoms with Crippen LogP contribution < -0.4 is 5.32 Å². The Bertz CT molecular complexity index is 1150. The molecule has 0 spiro atoms. The van der Waals surface area contributed by atoms with Gasteiger partial charge in [0.1, 0.15) is 6.54 Å². The Morgan fingerprint density at radius 1 is 1.02 bits per heavy atom. The molecule has 3 aliphatic heterocycles. The van der Waals surface area contributed by atoms with Crippen molar-refractivity contribution in [1.29, 1.82) is 0 Å². The normalized spacial score (nSPS) is 25.9. The van der Waals surface area contributed by atoms with Gasteiger partial charge in [0.15, 0.2) is 0 Å². The van der Waals surface area contributed by atoms with Gasteiger partial charge in [0.25, 0.3) is 0 Å². The summed E-state index contributed by atoms with van der Waals surface area (Å²) in [7, 11) is 1.72. The van der Waals surface area contributed by atoms with Crippen LogP contribution in [0.4, 0.5) is 0 Å². The maximum atomic E-state index is 13.5. The van der Waals surface area contributed by atoms with E-state index in [9.17, 15) is 19.2 Å². The number of carbonyl (C=O) groups excluding carboxylic acids is 4. The number of nitrogens with zero attached hydrogens (tertiary/aromatic N) is 5. The minimum Gasteiger partial charge on any atom is -0.341 e. The van der Waals surface area contributed by atoms with Crippen LogP contribution in [0.1, 0.15) is 31.7 Å². The van der Waals surface area contributed by atoms with Crippen molar-refractivity contribution < 1.29 is 19.2 Å². The number of carbonyl (C=O) groups is 4. The third kappa shape index (κ3) is 6.25. The lowest BCUT2D eigenvalue weighted by molar-refractivity contribution is -0.150. The Kier molecular flexibility index (Phi) is 8.89. The van der Waals surface area contributed by atoms with Crippen LogP contribution in [-0.4, -0.2) is 120 Å². The summed E-state index contributed by atoms with van der Waals surface area (Å²) in [4.78, 5) is 60.0. The molecule has 40 heavy (non-hydrogen) atoms. The monoisotopic (exact) mass is 592 g/mol. The molecule has 1 N–H and O–H groups in total. The van der Waals surface area contributed by atoms with Gasteiger partial charge in [-0.25, -0.2) is 0 Å². The zero-order valence-corrected chi connectivity index (χ0v) is 24.7. The van der Waals surface area contributed by atoms with Gasteiger partial charge in [-0.15, -0.1) is 0 Å². The van der Waals surface area contributed by atoms with E-state index in [2.05, 4.69) is 10.2 Å². The van der Waals surface area contributed by atoms with Crippen molar-refractivity contribution >= 4 is 46.8 Å². The third-order valence-corrected chi connectivity index (χ3v) is 9.71. The minimum atomic E-state index is -0.159. The predicted octanol–water partition coefficient (Wildman–Crippen LogP) is 1.50. The Hall–Kier alpha value is -2.40. The number of benzene rings is 1. The second-order valence-electron chi connectivity index (χ2n) is 11.6. The summed E-state index contributed by atoms with van der Waals surface area (Å²) in [6.45, 7) is 6.31. The van der Waals surface area contributed by atoms with E-state index < -0.39 is 0 Å². The van der Waals surface area contributed by atoms with Crippen molar-refractivity contribution in [3.63, 3.8) is 0 Å². The Balaban J connectivity index is 1.10. The number of nitrogens with one attached hydrogen (secondary N) is 1. The van der Waals surface area contributed by atoms with E-state index in [0.29, 0.717) is 49.4 Å². The maximum absolute atomic E-state index is 13.5. The summed E-state index contributed by atoms with van der Waals surface area (Å²) in [5.41, 5.74) is 0.871. The average Bonchev–Trinajstić information content (AvgIpc) is 2.91.